The van der Waals surface area contributed by atoms with Crippen LogP contribution in [0.3, 0.4) is 0 Å². The average Bonchev–Trinajstić information content (AvgIpc) is 3.48. The van der Waals surface area contributed by atoms with Crippen molar-refractivity contribution in [1.82, 2.24) is 0 Å². The highest BCUT2D eigenvalue weighted by Gasteiger charge is 2.58. The Labute approximate surface area is 206 Å². The molecule has 0 amide bonds. The van der Waals surface area contributed by atoms with Crippen molar-refractivity contribution in [3.05, 3.63) is 0 Å². The highest BCUT2D eigenvalue weighted by molar-refractivity contribution is 6.74. The van der Waals surface area contributed by atoms with Crippen molar-refractivity contribution in [1.29, 1.82) is 0 Å². The fourth-order valence-electron chi connectivity index (χ4n) is 5.33. The highest BCUT2D eigenvalue weighted by Crippen LogP contribution is 2.58. The third kappa shape index (κ3) is 6.15. The first-order valence-corrected chi connectivity index (χ1v) is 18.8. The van der Waals surface area contributed by atoms with Crippen LogP contribution in [-0.4, -0.2) is 39.9 Å². The summed E-state index contributed by atoms with van der Waals surface area (Å²) in [5.41, 5.74) is 0. The van der Waals surface area contributed by atoms with E-state index in [2.05, 4.69) is 74.7 Å². The second-order valence-electron chi connectivity index (χ2n) is 14.4. The smallest absolute Gasteiger partial charge is 0.309 e. The number of hydrogen-bond acceptors (Lipinski definition) is 3. The first kappa shape index (κ1) is 29.1. The van der Waals surface area contributed by atoms with Crippen LogP contribution in [0.1, 0.15) is 81.6 Å². The summed E-state index contributed by atoms with van der Waals surface area (Å²) in [5, 5.41) is 9.77. The molecule has 4 saturated carbocycles. The van der Waals surface area contributed by atoms with Crippen LogP contribution >= 0.6 is 0 Å². The topological polar surface area (TPSA) is 55.8 Å². The van der Waals surface area contributed by atoms with Crippen molar-refractivity contribution < 1.29 is 18.8 Å². The largest absolute Gasteiger partial charge is 0.481 e. The van der Waals surface area contributed by atoms with Crippen molar-refractivity contribution in [3.63, 3.8) is 0 Å². The first-order valence-electron chi connectivity index (χ1n) is 12.9. The number of carbonyl (C=O) groups is 1. The Balaban J connectivity index is 0.000000228. The van der Waals surface area contributed by atoms with Gasteiger partial charge in [0.2, 0.25) is 0 Å². The van der Waals surface area contributed by atoms with Gasteiger partial charge in [-0.05, 0) is 91.5 Å². The molecule has 4 fully saturated rings. The van der Waals surface area contributed by atoms with Gasteiger partial charge < -0.3 is 14.0 Å². The maximum absolute atomic E-state index is 11.2. The molecule has 0 saturated heterocycles. The molecule has 8 atom stereocenters. The molecule has 4 nitrogen and oxygen atoms in total. The van der Waals surface area contributed by atoms with Crippen LogP contribution in [0.15, 0.2) is 0 Å². The second kappa shape index (κ2) is 9.36. The summed E-state index contributed by atoms with van der Waals surface area (Å²) in [6.45, 7) is 25.2. The van der Waals surface area contributed by atoms with E-state index in [-0.39, 0.29) is 24.5 Å². The number of fused-ring (bicyclic) bond motifs is 2. The molecule has 0 heterocycles. The molecule has 6 heteroatoms. The molecular formula is C27H54O4Si2. The Morgan fingerprint density at radius 2 is 1.15 bits per heavy atom. The van der Waals surface area contributed by atoms with Gasteiger partial charge in [0, 0.05) is 0 Å². The Morgan fingerprint density at radius 3 is 1.52 bits per heavy atom. The average molecular weight is 499 g/mol. The van der Waals surface area contributed by atoms with Crippen LogP contribution in [0.5, 0.6) is 0 Å². The second-order valence-corrected chi connectivity index (χ2v) is 23.9. The molecule has 0 aromatic carbocycles. The molecule has 0 bridgehead atoms. The number of hydrogen-bond donors (Lipinski definition) is 1. The van der Waals surface area contributed by atoms with Crippen LogP contribution in [0.25, 0.3) is 0 Å². The summed E-state index contributed by atoms with van der Waals surface area (Å²) >= 11 is 0. The zero-order valence-electron chi connectivity index (χ0n) is 22.6. The summed E-state index contributed by atoms with van der Waals surface area (Å²) in [6, 6.07) is 0. The Morgan fingerprint density at radius 1 is 0.758 bits per heavy atom. The number of rotatable bonds is 5. The molecule has 0 aromatic heterocycles. The number of aliphatic carboxylic acids is 1. The van der Waals surface area contributed by atoms with Crippen molar-refractivity contribution in [2.24, 2.45) is 35.5 Å². The lowest BCUT2D eigenvalue weighted by molar-refractivity contribution is -0.144. The van der Waals surface area contributed by atoms with E-state index in [1.165, 1.54) is 19.3 Å². The zero-order valence-corrected chi connectivity index (χ0v) is 24.6. The lowest BCUT2D eigenvalue weighted by Gasteiger charge is -2.40. The molecule has 33 heavy (non-hydrogen) atoms. The monoisotopic (exact) mass is 498 g/mol. The maximum atomic E-state index is 11.2. The Bertz CT molecular complexity index is 704. The van der Waals surface area contributed by atoms with Crippen LogP contribution in [0.2, 0.25) is 36.3 Å². The Kier molecular flexibility index (Phi) is 8.25. The molecule has 1 N–H and O–H groups in total. The standard InChI is InChI=1S/C13H24O3Si.C13H26OSi.CH4/c1-13(2,3)17(4,5)16-11-9-6-8(9)7-10(11)12(14)15;1-9-7-10-8-11(10)12(9)14-15(5,6)13(2,3)4;/h8-11H,6-7H2,1-5H3,(H,14,15);9-12H,7-8H2,1-6H3;1H4/t8-,9-,10-,11-;9-,10+,11-,12+;/m00./s1. The molecule has 0 spiro atoms. The summed E-state index contributed by atoms with van der Waals surface area (Å²) in [6.07, 6.45) is 5.46. The molecule has 0 aliphatic heterocycles. The van der Waals surface area contributed by atoms with Crippen molar-refractivity contribution >= 4 is 22.6 Å². The predicted octanol–water partition coefficient (Wildman–Crippen LogP) is 7.81. The minimum Gasteiger partial charge on any atom is -0.481 e. The minimum absolute atomic E-state index is 0. The quantitative estimate of drug-likeness (QED) is 0.393. The third-order valence-electron chi connectivity index (χ3n) is 9.78. The molecule has 4 aliphatic carbocycles. The van der Waals surface area contributed by atoms with E-state index in [0.29, 0.717) is 23.0 Å². The van der Waals surface area contributed by atoms with Gasteiger partial charge in [0.25, 0.3) is 0 Å². The number of carboxylic acid groups (broad SMARTS) is 1. The summed E-state index contributed by atoms with van der Waals surface area (Å²) in [7, 11) is -3.36. The predicted molar refractivity (Wildman–Crippen MR) is 144 cm³/mol. The van der Waals surface area contributed by atoms with Crippen molar-refractivity contribution in [2.75, 3.05) is 0 Å². The lowest BCUT2D eigenvalue weighted by Crippen LogP contribution is -2.46. The van der Waals surface area contributed by atoms with E-state index in [1.54, 1.807) is 0 Å². The van der Waals surface area contributed by atoms with E-state index >= 15 is 0 Å². The molecule has 4 rings (SSSR count). The van der Waals surface area contributed by atoms with Crippen LogP contribution in [-0.2, 0) is 13.6 Å². The zero-order chi connectivity index (χ0) is 24.4. The third-order valence-corrected chi connectivity index (χ3v) is 18.7. The van der Waals surface area contributed by atoms with E-state index in [0.717, 1.165) is 24.2 Å². The van der Waals surface area contributed by atoms with Gasteiger partial charge in [-0.15, -0.1) is 0 Å². The van der Waals surface area contributed by atoms with Crippen LogP contribution in [0, 0.1) is 35.5 Å². The van der Waals surface area contributed by atoms with E-state index < -0.39 is 22.6 Å². The van der Waals surface area contributed by atoms with Crippen LogP contribution < -0.4 is 0 Å². The Hall–Kier alpha value is -0.176. The summed E-state index contributed by atoms with van der Waals surface area (Å²) in [5.74, 6) is 3.00. The molecule has 0 aromatic rings. The maximum Gasteiger partial charge on any atom is 0.309 e. The summed E-state index contributed by atoms with van der Waals surface area (Å²) < 4.78 is 12.9. The van der Waals surface area contributed by atoms with Gasteiger partial charge in [0.05, 0.1) is 18.1 Å². The lowest BCUT2D eigenvalue weighted by atomic mass is 10.0. The van der Waals surface area contributed by atoms with Crippen LogP contribution in [0.4, 0.5) is 0 Å². The normalized spacial score (nSPS) is 37.3. The van der Waals surface area contributed by atoms with Crippen molar-refractivity contribution in [2.45, 2.75) is 130 Å². The van der Waals surface area contributed by atoms with Gasteiger partial charge in [-0.1, -0.05) is 55.9 Å². The van der Waals surface area contributed by atoms with Gasteiger partial charge in [-0.2, -0.15) is 0 Å². The molecule has 0 unspecified atom stereocenters. The van der Waals surface area contributed by atoms with Gasteiger partial charge in [-0.25, -0.2) is 0 Å². The summed E-state index contributed by atoms with van der Waals surface area (Å²) in [4.78, 5) is 11.2. The fourth-order valence-corrected chi connectivity index (χ4v) is 8.14. The SMILES string of the molecule is C.CC(C)(C)[Si](C)(C)O[C@H]1[C@H]2C[C@H]2C[C@@H]1C(=O)O.C[C@H]1C[C@@H]2C[C@@H]2[C@@H]1O[Si](C)(C)C(C)(C)C. The molecular weight excluding hydrogens is 444 g/mol. The van der Waals surface area contributed by atoms with Gasteiger partial charge >= 0.3 is 5.97 Å². The molecule has 4 aliphatic rings. The van der Waals surface area contributed by atoms with Gasteiger partial charge in [0.1, 0.15) is 0 Å². The van der Waals surface area contributed by atoms with E-state index in [4.69, 9.17) is 8.85 Å². The molecule has 0 radical (unpaired) electrons. The first-order chi connectivity index (χ1) is 14.4. The van der Waals surface area contributed by atoms with E-state index in [1.807, 2.05) is 0 Å². The highest BCUT2D eigenvalue weighted by atomic mass is 28.4. The minimum atomic E-state index is -1.84. The number of carboxylic acids is 1. The van der Waals surface area contributed by atoms with E-state index in [9.17, 15) is 9.90 Å². The fraction of sp³-hybridized carbons (Fsp3) is 0.963. The van der Waals surface area contributed by atoms with Crippen molar-refractivity contribution in [3.8, 4) is 0 Å². The molecule has 194 valence electrons. The van der Waals surface area contributed by atoms with Gasteiger partial charge in [0.15, 0.2) is 16.6 Å². The van der Waals surface area contributed by atoms with Gasteiger partial charge in [-0.3, -0.25) is 4.79 Å².